The van der Waals surface area contributed by atoms with Crippen molar-refractivity contribution in [3.05, 3.63) is 63.9 Å². The zero-order valence-electron chi connectivity index (χ0n) is 16.2. The number of Topliss-reactive ketones (excluding diaryl/α,β-unsaturated/α-hetero) is 1. The Morgan fingerprint density at radius 2 is 1.93 bits per heavy atom. The number of halogens is 1. The van der Waals surface area contributed by atoms with Gasteiger partial charge in [0.1, 0.15) is 17.1 Å². The molecule has 1 aliphatic rings. The van der Waals surface area contributed by atoms with Crippen molar-refractivity contribution in [2.24, 2.45) is 0 Å². The lowest BCUT2D eigenvalue weighted by Gasteiger charge is -2.19. The quantitative estimate of drug-likeness (QED) is 0.534. The smallest absolute Gasteiger partial charge is 0.344 e. The number of rotatable bonds is 4. The Balaban J connectivity index is 1.79. The third-order valence-corrected chi connectivity index (χ3v) is 4.26. The summed E-state index contributed by atoms with van der Waals surface area (Å²) in [6.07, 6.45) is 1.62. The standard InChI is InChI=1S/C22H21ClO5/c1-13-9-15(26-12-19(24)28-22(2,3)4)11-17-20(13)21(25)18(27-17)10-14-7-5-6-8-16(14)23/h5-11H,12H2,1-4H3/b18-10-. The van der Waals surface area contributed by atoms with E-state index in [2.05, 4.69) is 0 Å². The highest BCUT2D eigenvalue weighted by Crippen LogP contribution is 2.38. The van der Waals surface area contributed by atoms with Gasteiger partial charge in [0.15, 0.2) is 12.4 Å². The van der Waals surface area contributed by atoms with E-state index in [1.165, 1.54) is 0 Å². The van der Waals surface area contributed by atoms with E-state index in [0.29, 0.717) is 33.2 Å². The van der Waals surface area contributed by atoms with E-state index in [9.17, 15) is 9.59 Å². The largest absolute Gasteiger partial charge is 0.482 e. The first-order valence-electron chi connectivity index (χ1n) is 8.82. The van der Waals surface area contributed by atoms with Crippen molar-refractivity contribution < 1.29 is 23.8 Å². The maximum absolute atomic E-state index is 12.7. The molecule has 0 N–H and O–H groups in total. The van der Waals surface area contributed by atoms with Gasteiger partial charge in [0.05, 0.1) is 5.56 Å². The van der Waals surface area contributed by atoms with Crippen LogP contribution in [0.15, 0.2) is 42.2 Å². The van der Waals surface area contributed by atoms with Crippen molar-refractivity contribution in [2.75, 3.05) is 6.61 Å². The minimum atomic E-state index is -0.581. The van der Waals surface area contributed by atoms with Crippen LogP contribution in [-0.2, 0) is 9.53 Å². The Morgan fingerprint density at radius 1 is 1.21 bits per heavy atom. The van der Waals surface area contributed by atoms with Crippen molar-refractivity contribution in [2.45, 2.75) is 33.3 Å². The Hall–Kier alpha value is -2.79. The molecule has 146 valence electrons. The molecule has 0 atom stereocenters. The SMILES string of the molecule is Cc1cc(OCC(=O)OC(C)(C)C)cc2c1C(=O)/C(=C/c1ccccc1Cl)O2. The van der Waals surface area contributed by atoms with Crippen molar-refractivity contribution in [3.63, 3.8) is 0 Å². The summed E-state index contributed by atoms with van der Waals surface area (Å²) in [7, 11) is 0. The zero-order chi connectivity index (χ0) is 20.5. The second kappa shape index (κ2) is 7.68. The van der Waals surface area contributed by atoms with E-state index in [4.69, 9.17) is 25.8 Å². The average molecular weight is 401 g/mol. The Morgan fingerprint density at radius 3 is 2.61 bits per heavy atom. The maximum atomic E-state index is 12.7. The second-order valence-electron chi connectivity index (χ2n) is 7.45. The average Bonchev–Trinajstić information content (AvgIpc) is 2.90. The number of aryl methyl sites for hydroxylation is 1. The predicted molar refractivity (Wildman–Crippen MR) is 107 cm³/mol. The molecule has 1 heterocycles. The highest BCUT2D eigenvalue weighted by Gasteiger charge is 2.30. The summed E-state index contributed by atoms with van der Waals surface area (Å²) in [4.78, 5) is 24.6. The number of hydrogen-bond acceptors (Lipinski definition) is 5. The lowest BCUT2D eigenvalue weighted by molar-refractivity contribution is -0.157. The molecule has 28 heavy (non-hydrogen) atoms. The van der Waals surface area contributed by atoms with E-state index in [-0.39, 0.29) is 18.1 Å². The topological polar surface area (TPSA) is 61.8 Å². The lowest BCUT2D eigenvalue weighted by Crippen LogP contribution is -2.27. The summed E-state index contributed by atoms with van der Waals surface area (Å²) in [5.41, 5.74) is 1.29. The van der Waals surface area contributed by atoms with Crippen LogP contribution in [0.2, 0.25) is 5.02 Å². The summed E-state index contributed by atoms with van der Waals surface area (Å²) >= 11 is 6.16. The lowest BCUT2D eigenvalue weighted by atomic mass is 10.0. The molecule has 0 aliphatic carbocycles. The molecule has 0 fully saturated rings. The first-order chi connectivity index (χ1) is 13.1. The third kappa shape index (κ3) is 4.54. The van der Waals surface area contributed by atoms with Gasteiger partial charge >= 0.3 is 5.97 Å². The molecular weight excluding hydrogens is 380 g/mol. The van der Waals surface area contributed by atoms with Gasteiger partial charge in [-0.15, -0.1) is 0 Å². The Labute approximate surface area is 168 Å². The first-order valence-corrected chi connectivity index (χ1v) is 9.20. The van der Waals surface area contributed by atoms with Crippen LogP contribution in [0.25, 0.3) is 6.08 Å². The fourth-order valence-electron chi connectivity index (χ4n) is 2.81. The van der Waals surface area contributed by atoms with Crippen LogP contribution < -0.4 is 9.47 Å². The number of carbonyl (C=O) groups is 2. The van der Waals surface area contributed by atoms with Crippen LogP contribution in [0.3, 0.4) is 0 Å². The number of hydrogen-bond donors (Lipinski definition) is 0. The van der Waals surface area contributed by atoms with Crippen LogP contribution in [0.1, 0.15) is 42.3 Å². The van der Waals surface area contributed by atoms with Crippen molar-refractivity contribution in [1.29, 1.82) is 0 Å². The molecule has 0 saturated carbocycles. The molecule has 3 rings (SSSR count). The number of fused-ring (bicyclic) bond motifs is 1. The van der Waals surface area contributed by atoms with Gasteiger partial charge in [0.25, 0.3) is 0 Å². The summed E-state index contributed by atoms with van der Waals surface area (Å²) in [6, 6.07) is 10.5. The van der Waals surface area contributed by atoms with Gasteiger partial charge in [-0.3, -0.25) is 4.79 Å². The minimum absolute atomic E-state index is 0.190. The van der Waals surface area contributed by atoms with Crippen LogP contribution in [0.4, 0.5) is 0 Å². The zero-order valence-corrected chi connectivity index (χ0v) is 16.9. The number of ketones is 1. The fourth-order valence-corrected chi connectivity index (χ4v) is 3.00. The van der Waals surface area contributed by atoms with Crippen LogP contribution in [-0.4, -0.2) is 24.0 Å². The molecule has 1 aliphatic heterocycles. The summed E-state index contributed by atoms with van der Waals surface area (Å²) in [5.74, 6) is 0.319. The molecule has 0 unspecified atom stereocenters. The Kier molecular flexibility index (Phi) is 5.47. The first kappa shape index (κ1) is 20.0. The van der Waals surface area contributed by atoms with Gasteiger partial charge in [0, 0.05) is 11.1 Å². The molecule has 0 spiro atoms. The minimum Gasteiger partial charge on any atom is -0.482 e. The molecule has 0 amide bonds. The van der Waals surface area contributed by atoms with Crippen molar-refractivity contribution in [1.82, 2.24) is 0 Å². The number of allylic oxidation sites excluding steroid dienone is 1. The molecular formula is C22H21ClO5. The van der Waals surface area contributed by atoms with Crippen molar-refractivity contribution in [3.8, 4) is 11.5 Å². The van der Waals surface area contributed by atoms with Crippen LogP contribution in [0, 0.1) is 6.92 Å². The molecule has 2 aromatic rings. The van der Waals surface area contributed by atoms with Gasteiger partial charge in [-0.25, -0.2) is 4.79 Å². The molecule has 0 bridgehead atoms. The predicted octanol–water partition coefficient (Wildman–Crippen LogP) is 4.99. The van der Waals surface area contributed by atoms with Crippen LogP contribution in [0.5, 0.6) is 11.5 Å². The fraction of sp³-hybridized carbons (Fsp3) is 0.273. The van der Waals surface area contributed by atoms with Gasteiger partial charge in [-0.05, 0) is 57.0 Å². The molecule has 0 saturated heterocycles. The molecule has 0 aromatic heterocycles. The number of esters is 1. The second-order valence-corrected chi connectivity index (χ2v) is 7.86. The van der Waals surface area contributed by atoms with E-state index in [1.54, 1.807) is 58.0 Å². The summed E-state index contributed by atoms with van der Waals surface area (Å²) in [5, 5.41) is 0.528. The van der Waals surface area contributed by atoms with E-state index in [1.807, 2.05) is 12.1 Å². The molecule has 2 aromatic carbocycles. The molecule has 6 heteroatoms. The number of carbonyl (C=O) groups excluding carboxylic acids is 2. The van der Waals surface area contributed by atoms with Crippen LogP contribution >= 0.6 is 11.6 Å². The summed E-state index contributed by atoms with van der Waals surface area (Å²) in [6.45, 7) is 6.93. The normalized spacial score (nSPS) is 14.6. The van der Waals surface area contributed by atoms with Gasteiger partial charge in [-0.2, -0.15) is 0 Å². The van der Waals surface area contributed by atoms with E-state index in [0.717, 1.165) is 0 Å². The van der Waals surface area contributed by atoms with Crippen molar-refractivity contribution >= 4 is 29.4 Å². The Bertz CT molecular complexity index is 969. The van der Waals surface area contributed by atoms with Gasteiger partial charge in [-0.1, -0.05) is 29.8 Å². The highest BCUT2D eigenvalue weighted by atomic mass is 35.5. The number of ether oxygens (including phenoxy) is 3. The third-order valence-electron chi connectivity index (χ3n) is 3.91. The van der Waals surface area contributed by atoms with Gasteiger partial charge < -0.3 is 14.2 Å². The van der Waals surface area contributed by atoms with E-state index < -0.39 is 11.6 Å². The monoisotopic (exact) mass is 400 g/mol. The maximum Gasteiger partial charge on any atom is 0.344 e. The summed E-state index contributed by atoms with van der Waals surface area (Å²) < 4.78 is 16.5. The molecule has 5 nitrogen and oxygen atoms in total. The highest BCUT2D eigenvalue weighted by molar-refractivity contribution is 6.32. The van der Waals surface area contributed by atoms with Gasteiger partial charge in [0.2, 0.25) is 5.78 Å². The molecule has 0 radical (unpaired) electrons. The van der Waals surface area contributed by atoms with E-state index >= 15 is 0 Å². The number of benzene rings is 2.